The molecule has 34 heavy (non-hydrogen) atoms. The van der Waals surface area contributed by atoms with E-state index in [1.807, 2.05) is 30.0 Å². The number of carbonyl (C=O) groups is 1. The zero-order chi connectivity index (χ0) is 23.2. The lowest BCUT2D eigenvalue weighted by atomic mass is 9.97. The molecule has 0 bridgehead atoms. The summed E-state index contributed by atoms with van der Waals surface area (Å²) < 4.78 is 5.65. The lowest BCUT2D eigenvalue weighted by Gasteiger charge is -2.34. The molecule has 1 saturated heterocycles. The van der Waals surface area contributed by atoms with Crippen LogP contribution >= 0.6 is 11.3 Å². The SMILES string of the molecule is Cc1ccc2c(CC(=O)N3CCN(Cc4nc5sc6c(c5c(=O)[nH]4)CCCC6)CC3)coc2c1. The molecule has 4 heterocycles. The molecular weight excluding hydrogens is 448 g/mol. The number of nitrogens with zero attached hydrogens (tertiary/aromatic N) is 3. The summed E-state index contributed by atoms with van der Waals surface area (Å²) in [5.74, 6) is 0.844. The Hall–Kier alpha value is -2.97. The lowest BCUT2D eigenvalue weighted by Crippen LogP contribution is -2.49. The second kappa shape index (κ2) is 8.67. The fraction of sp³-hybridized carbons (Fsp3) is 0.423. The molecule has 1 N–H and O–H groups in total. The molecule has 0 radical (unpaired) electrons. The molecule has 8 heteroatoms. The van der Waals surface area contributed by atoms with E-state index in [0.29, 0.717) is 26.1 Å². The van der Waals surface area contributed by atoms with E-state index in [1.54, 1.807) is 17.6 Å². The summed E-state index contributed by atoms with van der Waals surface area (Å²) in [6, 6.07) is 6.08. The zero-order valence-corrected chi connectivity index (χ0v) is 20.2. The number of hydrogen-bond donors (Lipinski definition) is 1. The molecule has 0 unspecified atom stereocenters. The minimum Gasteiger partial charge on any atom is -0.464 e. The maximum absolute atomic E-state index is 12.9. The second-order valence-electron chi connectivity index (χ2n) is 9.50. The van der Waals surface area contributed by atoms with Crippen molar-refractivity contribution in [1.82, 2.24) is 19.8 Å². The number of amides is 1. The molecule has 1 aromatic carbocycles. The van der Waals surface area contributed by atoms with Crippen LogP contribution in [-0.2, 0) is 30.6 Å². The molecule has 2 aliphatic rings. The van der Waals surface area contributed by atoms with E-state index >= 15 is 0 Å². The summed E-state index contributed by atoms with van der Waals surface area (Å²) >= 11 is 1.69. The number of rotatable bonds is 4. The molecule has 1 aliphatic heterocycles. The monoisotopic (exact) mass is 476 g/mol. The first-order valence-corrected chi connectivity index (χ1v) is 12.9. The van der Waals surface area contributed by atoms with E-state index in [9.17, 15) is 9.59 Å². The number of aromatic nitrogens is 2. The molecule has 1 amide bonds. The normalized spacial score (nSPS) is 16.9. The van der Waals surface area contributed by atoms with Crippen LogP contribution in [0.3, 0.4) is 0 Å². The van der Waals surface area contributed by atoms with Crippen molar-refractivity contribution < 1.29 is 9.21 Å². The Morgan fingerprint density at radius 3 is 2.85 bits per heavy atom. The van der Waals surface area contributed by atoms with Crippen LogP contribution in [0.2, 0.25) is 0 Å². The summed E-state index contributed by atoms with van der Waals surface area (Å²) in [6.07, 6.45) is 6.46. The molecule has 6 rings (SSSR count). The van der Waals surface area contributed by atoms with Gasteiger partial charge in [0.2, 0.25) is 5.91 Å². The first kappa shape index (κ1) is 21.6. The maximum atomic E-state index is 12.9. The Morgan fingerprint density at radius 1 is 1.18 bits per heavy atom. The van der Waals surface area contributed by atoms with E-state index in [1.165, 1.54) is 16.9 Å². The van der Waals surface area contributed by atoms with Crippen molar-refractivity contribution in [2.75, 3.05) is 26.2 Å². The smallest absolute Gasteiger partial charge is 0.259 e. The third kappa shape index (κ3) is 3.95. The van der Waals surface area contributed by atoms with Gasteiger partial charge in [-0.25, -0.2) is 4.98 Å². The average Bonchev–Trinajstić information content (AvgIpc) is 3.40. The number of furan rings is 1. The number of piperazine rings is 1. The van der Waals surface area contributed by atoms with Crippen LogP contribution in [0.15, 0.2) is 33.7 Å². The third-order valence-corrected chi connectivity index (χ3v) is 8.31. The van der Waals surface area contributed by atoms with Crippen LogP contribution in [0.25, 0.3) is 21.2 Å². The molecule has 1 aliphatic carbocycles. The highest BCUT2D eigenvalue weighted by Crippen LogP contribution is 2.33. The number of benzene rings is 1. The molecule has 0 spiro atoms. The summed E-state index contributed by atoms with van der Waals surface area (Å²) in [5, 5.41) is 1.82. The number of nitrogens with one attached hydrogen (secondary N) is 1. The van der Waals surface area contributed by atoms with Gasteiger partial charge in [-0.3, -0.25) is 14.5 Å². The van der Waals surface area contributed by atoms with Gasteiger partial charge >= 0.3 is 0 Å². The van der Waals surface area contributed by atoms with Crippen LogP contribution in [0.1, 0.15) is 40.2 Å². The van der Waals surface area contributed by atoms with Crippen LogP contribution in [-0.4, -0.2) is 51.9 Å². The first-order valence-electron chi connectivity index (χ1n) is 12.1. The van der Waals surface area contributed by atoms with E-state index in [0.717, 1.165) is 70.5 Å². The predicted octanol–water partition coefficient (Wildman–Crippen LogP) is 3.80. The van der Waals surface area contributed by atoms with Gasteiger partial charge in [-0.15, -0.1) is 11.3 Å². The number of aromatic amines is 1. The Kier molecular flexibility index (Phi) is 5.50. The van der Waals surface area contributed by atoms with Crippen molar-refractivity contribution in [1.29, 1.82) is 0 Å². The van der Waals surface area contributed by atoms with E-state index in [2.05, 4.69) is 9.88 Å². The molecule has 7 nitrogen and oxygen atoms in total. The Balaban J connectivity index is 1.10. The number of H-pyrrole nitrogens is 1. The van der Waals surface area contributed by atoms with E-state index in [-0.39, 0.29) is 11.5 Å². The van der Waals surface area contributed by atoms with Crippen molar-refractivity contribution in [3.05, 3.63) is 62.2 Å². The number of thiophene rings is 1. The van der Waals surface area contributed by atoms with Crippen LogP contribution < -0.4 is 5.56 Å². The summed E-state index contributed by atoms with van der Waals surface area (Å²) in [4.78, 5) is 40.0. The number of fused-ring (bicyclic) bond motifs is 4. The molecule has 0 atom stereocenters. The van der Waals surface area contributed by atoms with Gasteiger partial charge in [-0.2, -0.15) is 0 Å². The molecule has 176 valence electrons. The summed E-state index contributed by atoms with van der Waals surface area (Å²) in [6.45, 7) is 5.51. The van der Waals surface area contributed by atoms with Crippen molar-refractivity contribution in [2.24, 2.45) is 0 Å². The highest BCUT2D eigenvalue weighted by atomic mass is 32.1. The lowest BCUT2D eigenvalue weighted by molar-refractivity contribution is -0.132. The summed E-state index contributed by atoms with van der Waals surface area (Å²) in [7, 11) is 0. The quantitative estimate of drug-likeness (QED) is 0.484. The first-order chi connectivity index (χ1) is 16.5. The van der Waals surface area contributed by atoms with Gasteiger partial charge in [0.1, 0.15) is 16.2 Å². The van der Waals surface area contributed by atoms with Gasteiger partial charge in [-0.1, -0.05) is 12.1 Å². The highest BCUT2D eigenvalue weighted by Gasteiger charge is 2.24. The molecular formula is C26H28N4O3S. The highest BCUT2D eigenvalue weighted by molar-refractivity contribution is 7.18. The second-order valence-corrected chi connectivity index (χ2v) is 10.6. The van der Waals surface area contributed by atoms with Crippen molar-refractivity contribution in [3.8, 4) is 0 Å². The molecule has 4 aromatic rings. The predicted molar refractivity (Wildman–Crippen MR) is 133 cm³/mol. The average molecular weight is 477 g/mol. The maximum Gasteiger partial charge on any atom is 0.259 e. The third-order valence-electron chi connectivity index (χ3n) is 7.13. The van der Waals surface area contributed by atoms with Gasteiger partial charge in [0.15, 0.2) is 0 Å². The number of aryl methyl sites for hydroxylation is 3. The Labute approximate surface area is 201 Å². The van der Waals surface area contributed by atoms with Gasteiger partial charge in [-0.05, 0) is 49.8 Å². The standard InChI is InChI=1S/C26H28N4O3S/c1-16-6-7-18-17(15-33-20(18)12-16)13-23(31)30-10-8-29(9-11-30)14-22-27-25(32)24-19-4-2-3-5-21(19)34-26(24)28-22/h6-7,12,15H,2-5,8-11,13-14H2,1H3,(H,27,28,32). The largest absolute Gasteiger partial charge is 0.464 e. The van der Waals surface area contributed by atoms with Crippen LogP contribution in [0.4, 0.5) is 0 Å². The van der Waals surface area contributed by atoms with Crippen molar-refractivity contribution in [2.45, 2.75) is 45.6 Å². The Bertz CT molecular complexity index is 1440. The van der Waals surface area contributed by atoms with Crippen molar-refractivity contribution >= 4 is 38.4 Å². The van der Waals surface area contributed by atoms with Gasteiger partial charge < -0.3 is 14.3 Å². The Morgan fingerprint density at radius 2 is 2.00 bits per heavy atom. The summed E-state index contributed by atoms with van der Waals surface area (Å²) in [5.41, 5.74) is 4.13. The fourth-order valence-corrected chi connectivity index (χ4v) is 6.53. The van der Waals surface area contributed by atoms with Gasteiger partial charge in [0.25, 0.3) is 5.56 Å². The van der Waals surface area contributed by atoms with Gasteiger partial charge in [0, 0.05) is 42.0 Å². The van der Waals surface area contributed by atoms with E-state index < -0.39 is 0 Å². The fourth-order valence-electron chi connectivity index (χ4n) is 5.25. The zero-order valence-electron chi connectivity index (χ0n) is 19.4. The topological polar surface area (TPSA) is 82.4 Å². The van der Waals surface area contributed by atoms with Gasteiger partial charge in [0.05, 0.1) is 24.6 Å². The molecule has 0 saturated carbocycles. The van der Waals surface area contributed by atoms with E-state index in [4.69, 9.17) is 9.40 Å². The minimum absolute atomic E-state index is 0.00394. The number of hydrogen-bond acceptors (Lipinski definition) is 6. The molecule has 1 fully saturated rings. The molecule has 3 aromatic heterocycles. The minimum atomic E-state index is -0.00394. The number of carbonyl (C=O) groups excluding carboxylic acids is 1. The van der Waals surface area contributed by atoms with Crippen LogP contribution in [0.5, 0.6) is 0 Å². The van der Waals surface area contributed by atoms with Crippen LogP contribution in [0, 0.1) is 6.92 Å². The van der Waals surface area contributed by atoms with Crippen molar-refractivity contribution in [3.63, 3.8) is 0 Å².